The van der Waals surface area contributed by atoms with Gasteiger partial charge in [0.25, 0.3) is 0 Å². The first kappa shape index (κ1) is 11.0. The van der Waals surface area contributed by atoms with Gasteiger partial charge < -0.3 is 5.32 Å². The summed E-state index contributed by atoms with van der Waals surface area (Å²) in [5.74, 6) is 2.46. The number of rotatable bonds is 5. The molecule has 14 heavy (non-hydrogen) atoms. The first-order valence-corrected chi connectivity index (χ1v) is 5.41. The predicted molar refractivity (Wildman–Crippen MR) is 58.6 cm³/mol. The molecule has 4 nitrogen and oxygen atoms in total. The molecular weight excluding hydrogens is 176 g/mol. The quantitative estimate of drug-likeness (QED) is 0.785. The van der Waals surface area contributed by atoms with E-state index in [1.54, 1.807) is 0 Å². The minimum Gasteiger partial charge on any atom is -0.355 e. The lowest BCUT2D eigenvalue weighted by molar-refractivity contribution is 0.609. The fourth-order valence-corrected chi connectivity index (χ4v) is 1.46. The van der Waals surface area contributed by atoms with Crippen molar-refractivity contribution in [3.63, 3.8) is 0 Å². The highest BCUT2D eigenvalue weighted by Gasteiger charge is 2.14. The predicted octanol–water partition coefficient (Wildman–Crippen LogP) is 2.24. The number of hydrogen-bond acceptors (Lipinski definition) is 3. The molecule has 1 N–H and O–H groups in total. The Labute approximate surface area is 85.7 Å². The van der Waals surface area contributed by atoms with Gasteiger partial charge in [0.05, 0.1) is 0 Å². The van der Waals surface area contributed by atoms with Crippen LogP contribution < -0.4 is 5.32 Å². The van der Waals surface area contributed by atoms with Crippen molar-refractivity contribution in [1.82, 2.24) is 14.8 Å². The molecule has 0 aromatic carbocycles. The maximum Gasteiger partial charge on any atom is 0.224 e. The van der Waals surface area contributed by atoms with Gasteiger partial charge in [-0.05, 0) is 20.3 Å². The van der Waals surface area contributed by atoms with Crippen molar-refractivity contribution >= 4 is 5.95 Å². The van der Waals surface area contributed by atoms with E-state index in [1.807, 2.05) is 0 Å². The van der Waals surface area contributed by atoms with Crippen LogP contribution in [0.5, 0.6) is 0 Å². The third kappa shape index (κ3) is 2.05. The van der Waals surface area contributed by atoms with Gasteiger partial charge in [-0.2, -0.15) is 0 Å². The SMILES string of the molecule is CCNc1nnc(C(C)CC)n1CC. The Morgan fingerprint density at radius 3 is 2.50 bits per heavy atom. The van der Waals surface area contributed by atoms with Crippen LogP contribution in [0.2, 0.25) is 0 Å². The standard InChI is InChI=1S/C10H20N4/c1-5-8(4)9-12-13-10(11-6-2)14(9)7-3/h8H,5-7H2,1-4H3,(H,11,13). The summed E-state index contributed by atoms with van der Waals surface area (Å²) in [4.78, 5) is 0. The summed E-state index contributed by atoms with van der Waals surface area (Å²) in [5, 5.41) is 11.6. The van der Waals surface area contributed by atoms with Crippen molar-refractivity contribution in [2.24, 2.45) is 0 Å². The molecule has 0 fully saturated rings. The van der Waals surface area contributed by atoms with Crippen molar-refractivity contribution in [2.75, 3.05) is 11.9 Å². The zero-order valence-electron chi connectivity index (χ0n) is 9.54. The van der Waals surface area contributed by atoms with Crippen LogP contribution >= 0.6 is 0 Å². The minimum atomic E-state index is 0.481. The number of nitrogens with zero attached hydrogens (tertiary/aromatic N) is 3. The second kappa shape index (κ2) is 4.98. The Morgan fingerprint density at radius 2 is 2.00 bits per heavy atom. The van der Waals surface area contributed by atoms with Crippen LogP contribution in [0.15, 0.2) is 0 Å². The molecule has 1 aromatic rings. The van der Waals surface area contributed by atoms with E-state index in [-0.39, 0.29) is 0 Å². The van der Waals surface area contributed by atoms with E-state index in [4.69, 9.17) is 0 Å². The zero-order chi connectivity index (χ0) is 10.6. The minimum absolute atomic E-state index is 0.481. The maximum absolute atomic E-state index is 4.23. The van der Waals surface area contributed by atoms with Gasteiger partial charge in [0, 0.05) is 19.0 Å². The summed E-state index contributed by atoms with van der Waals surface area (Å²) >= 11 is 0. The van der Waals surface area contributed by atoms with Crippen LogP contribution in [0.4, 0.5) is 5.95 Å². The number of anilines is 1. The van der Waals surface area contributed by atoms with Crippen molar-refractivity contribution in [1.29, 1.82) is 0 Å². The fourth-order valence-electron chi connectivity index (χ4n) is 1.46. The van der Waals surface area contributed by atoms with E-state index >= 15 is 0 Å². The zero-order valence-corrected chi connectivity index (χ0v) is 9.54. The number of aromatic nitrogens is 3. The highest BCUT2D eigenvalue weighted by molar-refractivity contribution is 5.26. The lowest BCUT2D eigenvalue weighted by atomic mass is 10.1. The first-order chi connectivity index (χ1) is 6.74. The lowest BCUT2D eigenvalue weighted by Gasteiger charge is -2.11. The van der Waals surface area contributed by atoms with Crippen LogP contribution in [0, 0.1) is 0 Å². The van der Waals surface area contributed by atoms with Gasteiger partial charge >= 0.3 is 0 Å². The monoisotopic (exact) mass is 196 g/mol. The third-order valence-corrected chi connectivity index (χ3v) is 2.48. The second-order valence-electron chi connectivity index (χ2n) is 3.47. The average Bonchev–Trinajstić information content (AvgIpc) is 2.60. The molecule has 0 saturated carbocycles. The topological polar surface area (TPSA) is 42.7 Å². The summed E-state index contributed by atoms with van der Waals surface area (Å²) in [6.45, 7) is 10.4. The molecule has 0 aliphatic carbocycles. The summed E-state index contributed by atoms with van der Waals surface area (Å²) < 4.78 is 2.15. The molecule has 0 aliphatic heterocycles. The van der Waals surface area contributed by atoms with E-state index in [1.165, 1.54) is 0 Å². The summed E-state index contributed by atoms with van der Waals surface area (Å²) in [5.41, 5.74) is 0. The summed E-state index contributed by atoms with van der Waals surface area (Å²) in [7, 11) is 0. The van der Waals surface area contributed by atoms with Crippen molar-refractivity contribution in [2.45, 2.75) is 46.6 Å². The molecule has 80 valence electrons. The van der Waals surface area contributed by atoms with E-state index in [2.05, 4.69) is 47.8 Å². The Morgan fingerprint density at radius 1 is 1.29 bits per heavy atom. The van der Waals surface area contributed by atoms with Gasteiger partial charge in [-0.25, -0.2) is 0 Å². The molecule has 1 rings (SSSR count). The molecule has 1 unspecified atom stereocenters. The van der Waals surface area contributed by atoms with E-state index in [0.29, 0.717) is 5.92 Å². The number of nitrogens with one attached hydrogen (secondary N) is 1. The van der Waals surface area contributed by atoms with Gasteiger partial charge in [0.2, 0.25) is 5.95 Å². The molecular formula is C10H20N4. The van der Waals surface area contributed by atoms with Crippen LogP contribution in [-0.4, -0.2) is 21.3 Å². The largest absolute Gasteiger partial charge is 0.355 e. The highest BCUT2D eigenvalue weighted by Crippen LogP contribution is 2.19. The normalized spacial score (nSPS) is 12.9. The van der Waals surface area contributed by atoms with Gasteiger partial charge in [-0.1, -0.05) is 13.8 Å². The summed E-state index contributed by atoms with van der Waals surface area (Å²) in [6, 6.07) is 0. The van der Waals surface area contributed by atoms with Gasteiger partial charge in [0.1, 0.15) is 5.82 Å². The van der Waals surface area contributed by atoms with Crippen molar-refractivity contribution in [3.05, 3.63) is 5.82 Å². The average molecular weight is 196 g/mol. The molecule has 0 amide bonds. The highest BCUT2D eigenvalue weighted by atomic mass is 15.3. The van der Waals surface area contributed by atoms with E-state index < -0.39 is 0 Å². The van der Waals surface area contributed by atoms with Crippen LogP contribution in [0.1, 0.15) is 45.9 Å². The molecule has 1 heterocycles. The summed E-state index contributed by atoms with van der Waals surface area (Å²) in [6.07, 6.45) is 1.10. The molecule has 4 heteroatoms. The molecule has 0 spiro atoms. The molecule has 0 bridgehead atoms. The first-order valence-electron chi connectivity index (χ1n) is 5.41. The molecule has 0 saturated heterocycles. The smallest absolute Gasteiger partial charge is 0.224 e. The van der Waals surface area contributed by atoms with E-state index in [9.17, 15) is 0 Å². The van der Waals surface area contributed by atoms with Gasteiger partial charge in [-0.15, -0.1) is 10.2 Å². The molecule has 1 aromatic heterocycles. The van der Waals surface area contributed by atoms with Gasteiger partial charge in [-0.3, -0.25) is 4.57 Å². The Balaban J connectivity index is 2.94. The lowest BCUT2D eigenvalue weighted by Crippen LogP contribution is -2.10. The van der Waals surface area contributed by atoms with Gasteiger partial charge in [0.15, 0.2) is 0 Å². The van der Waals surface area contributed by atoms with Crippen LogP contribution in [0.3, 0.4) is 0 Å². The fraction of sp³-hybridized carbons (Fsp3) is 0.800. The second-order valence-corrected chi connectivity index (χ2v) is 3.47. The molecule has 1 atom stereocenters. The number of hydrogen-bond donors (Lipinski definition) is 1. The maximum atomic E-state index is 4.23. The molecule has 0 aliphatic rings. The van der Waals surface area contributed by atoms with Crippen LogP contribution in [-0.2, 0) is 6.54 Å². The third-order valence-electron chi connectivity index (χ3n) is 2.48. The Kier molecular flexibility index (Phi) is 3.92. The Bertz CT molecular complexity index is 280. The molecule has 0 radical (unpaired) electrons. The van der Waals surface area contributed by atoms with E-state index in [0.717, 1.165) is 31.3 Å². The van der Waals surface area contributed by atoms with Crippen molar-refractivity contribution < 1.29 is 0 Å². The Hall–Kier alpha value is -1.06. The van der Waals surface area contributed by atoms with Crippen molar-refractivity contribution in [3.8, 4) is 0 Å². The van der Waals surface area contributed by atoms with Crippen LogP contribution in [0.25, 0.3) is 0 Å².